The average Bonchev–Trinajstić information content (AvgIpc) is 2.78. The molecule has 1 amide bonds. The van der Waals surface area contributed by atoms with Gasteiger partial charge in [-0.1, -0.05) is 24.3 Å². The topological polar surface area (TPSA) is 87.9 Å². The molecule has 1 aromatic carbocycles. The van der Waals surface area contributed by atoms with Crippen molar-refractivity contribution in [2.45, 2.75) is 13.5 Å². The van der Waals surface area contributed by atoms with Crippen molar-refractivity contribution < 1.29 is 4.79 Å². The Morgan fingerprint density at radius 2 is 2.17 bits per heavy atom. The number of carbonyl (C=O) groups excluding carboxylic acids is 1. The zero-order valence-electron chi connectivity index (χ0n) is 10.3. The van der Waals surface area contributed by atoms with Gasteiger partial charge in [-0.15, -0.1) is 5.10 Å². The van der Waals surface area contributed by atoms with Crippen LogP contribution in [-0.2, 0) is 6.54 Å². The number of rotatable bonds is 3. The standard InChI is InChI=1S/C12H15N5O/c1-8-5-3-4-6-9(8)7-17(2)11(18)10-14-12(13)16-15-10/h3-6H,7H2,1-2H3,(H3,13,14,15,16). The van der Waals surface area contributed by atoms with Crippen molar-refractivity contribution in [3.63, 3.8) is 0 Å². The summed E-state index contributed by atoms with van der Waals surface area (Å²) >= 11 is 0. The average molecular weight is 245 g/mol. The van der Waals surface area contributed by atoms with Gasteiger partial charge in [0, 0.05) is 13.6 Å². The van der Waals surface area contributed by atoms with Crippen LogP contribution >= 0.6 is 0 Å². The molecule has 94 valence electrons. The Kier molecular flexibility index (Phi) is 3.27. The third kappa shape index (κ3) is 2.48. The lowest BCUT2D eigenvalue weighted by molar-refractivity contribution is 0.0773. The van der Waals surface area contributed by atoms with Crippen molar-refractivity contribution in [1.82, 2.24) is 20.1 Å². The molecule has 18 heavy (non-hydrogen) atoms. The second kappa shape index (κ2) is 4.87. The summed E-state index contributed by atoms with van der Waals surface area (Å²) in [5.74, 6) is -0.00585. The fourth-order valence-corrected chi connectivity index (χ4v) is 1.67. The molecular formula is C12H15N5O. The van der Waals surface area contributed by atoms with Crippen LogP contribution in [0.4, 0.5) is 5.95 Å². The van der Waals surface area contributed by atoms with Crippen molar-refractivity contribution in [2.75, 3.05) is 12.8 Å². The lowest BCUT2D eigenvalue weighted by atomic mass is 10.1. The van der Waals surface area contributed by atoms with E-state index in [1.807, 2.05) is 31.2 Å². The minimum absolute atomic E-state index is 0.0719. The molecule has 0 aliphatic carbocycles. The molecule has 0 aliphatic heterocycles. The van der Waals surface area contributed by atoms with Crippen LogP contribution in [0.15, 0.2) is 24.3 Å². The maximum absolute atomic E-state index is 12.0. The summed E-state index contributed by atoms with van der Waals surface area (Å²) in [7, 11) is 1.72. The number of aromatic nitrogens is 3. The van der Waals surface area contributed by atoms with Gasteiger partial charge >= 0.3 is 0 Å². The van der Waals surface area contributed by atoms with Crippen molar-refractivity contribution in [1.29, 1.82) is 0 Å². The Balaban J connectivity index is 2.11. The van der Waals surface area contributed by atoms with Gasteiger partial charge in [-0.25, -0.2) is 0 Å². The first kappa shape index (κ1) is 12.1. The highest BCUT2D eigenvalue weighted by molar-refractivity contribution is 5.90. The van der Waals surface area contributed by atoms with E-state index >= 15 is 0 Å². The van der Waals surface area contributed by atoms with Crippen LogP contribution in [0.5, 0.6) is 0 Å². The number of nitrogens with one attached hydrogen (secondary N) is 1. The quantitative estimate of drug-likeness (QED) is 0.843. The number of aromatic amines is 1. The van der Waals surface area contributed by atoms with Crippen LogP contribution < -0.4 is 5.73 Å². The van der Waals surface area contributed by atoms with E-state index < -0.39 is 0 Å². The van der Waals surface area contributed by atoms with E-state index in [2.05, 4.69) is 15.2 Å². The summed E-state index contributed by atoms with van der Waals surface area (Å²) < 4.78 is 0. The maximum Gasteiger partial charge on any atom is 0.291 e. The smallest absolute Gasteiger partial charge is 0.291 e. The van der Waals surface area contributed by atoms with Gasteiger partial charge in [0.15, 0.2) is 0 Å². The van der Waals surface area contributed by atoms with Crippen molar-refractivity contribution in [3.8, 4) is 0 Å². The van der Waals surface area contributed by atoms with E-state index in [0.717, 1.165) is 11.1 Å². The Labute approximate surface area is 105 Å². The molecule has 0 saturated heterocycles. The number of carbonyl (C=O) groups is 1. The monoisotopic (exact) mass is 245 g/mol. The van der Waals surface area contributed by atoms with Gasteiger partial charge in [0.25, 0.3) is 5.91 Å². The van der Waals surface area contributed by atoms with Gasteiger partial charge in [0.1, 0.15) is 0 Å². The van der Waals surface area contributed by atoms with Crippen LogP contribution in [0.1, 0.15) is 21.7 Å². The van der Waals surface area contributed by atoms with Gasteiger partial charge in [0.2, 0.25) is 11.8 Å². The lowest BCUT2D eigenvalue weighted by Gasteiger charge is -2.16. The molecule has 0 bridgehead atoms. The third-order valence-corrected chi connectivity index (χ3v) is 2.72. The highest BCUT2D eigenvalue weighted by atomic mass is 16.2. The first-order valence-electron chi connectivity index (χ1n) is 5.56. The normalized spacial score (nSPS) is 10.3. The molecule has 0 atom stereocenters. The van der Waals surface area contributed by atoms with E-state index in [1.54, 1.807) is 11.9 Å². The van der Waals surface area contributed by atoms with E-state index in [-0.39, 0.29) is 17.7 Å². The fourth-order valence-electron chi connectivity index (χ4n) is 1.67. The molecule has 0 unspecified atom stereocenters. The Bertz CT molecular complexity index is 563. The first-order chi connectivity index (χ1) is 8.58. The van der Waals surface area contributed by atoms with Crippen molar-refractivity contribution in [2.24, 2.45) is 0 Å². The van der Waals surface area contributed by atoms with Gasteiger partial charge < -0.3 is 10.6 Å². The number of benzene rings is 1. The predicted molar refractivity (Wildman–Crippen MR) is 67.8 cm³/mol. The zero-order chi connectivity index (χ0) is 13.1. The molecule has 2 aromatic rings. The largest absolute Gasteiger partial charge is 0.366 e. The molecular weight excluding hydrogens is 230 g/mol. The number of aryl methyl sites for hydroxylation is 1. The van der Waals surface area contributed by atoms with Gasteiger partial charge in [-0.2, -0.15) is 4.98 Å². The first-order valence-corrected chi connectivity index (χ1v) is 5.56. The van der Waals surface area contributed by atoms with Crippen LogP contribution in [0.25, 0.3) is 0 Å². The van der Waals surface area contributed by atoms with Crippen LogP contribution in [0.2, 0.25) is 0 Å². The second-order valence-electron chi connectivity index (χ2n) is 4.13. The molecule has 3 N–H and O–H groups in total. The molecule has 0 fully saturated rings. The summed E-state index contributed by atoms with van der Waals surface area (Å²) in [6.45, 7) is 2.53. The van der Waals surface area contributed by atoms with Gasteiger partial charge in [-0.05, 0) is 18.1 Å². The minimum Gasteiger partial charge on any atom is -0.366 e. The fraction of sp³-hybridized carbons (Fsp3) is 0.250. The molecule has 0 radical (unpaired) electrons. The molecule has 6 heteroatoms. The molecule has 0 saturated carbocycles. The number of amides is 1. The van der Waals surface area contributed by atoms with E-state index in [0.29, 0.717) is 6.54 Å². The number of hydrogen-bond donors (Lipinski definition) is 2. The molecule has 6 nitrogen and oxygen atoms in total. The van der Waals surface area contributed by atoms with E-state index in [9.17, 15) is 4.79 Å². The summed E-state index contributed by atoms with van der Waals surface area (Å²) in [5.41, 5.74) is 7.61. The van der Waals surface area contributed by atoms with Crippen molar-refractivity contribution >= 4 is 11.9 Å². The zero-order valence-corrected chi connectivity index (χ0v) is 10.3. The molecule has 1 aromatic heterocycles. The summed E-state index contributed by atoms with van der Waals surface area (Å²) in [6, 6.07) is 7.93. The maximum atomic E-state index is 12.0. The molecule has 0 spiro atoms. The molecule has 0 aliphatic rings. The highest BCUT2D eigenvalue weighted by Gasteiger charge is 2.16. The predicted octanol–water partition coefficient (Wildman–Crippen LogP) is 0.968. The van der Waals surface area contributed by atoms with Crippen LogP contribution in [0, 0.1) is 6.92 Å². The summed E-state index contributed by atoms with van der Waals surface area (Å²) in [4.78, 5) is 17.4. The number of hydrogen-bond acceptors (Lipinski definition) is 4. The lowest BCUT2D eigenvalue weighted by Crippen LogP contribution is -2.27. The number of anilines is 1. The Hall–Kier alpha value is -2.37. The molecule has 1 heterocycles. The van der Waals surface area contributed by atoms with Gasteiger partial charge in [-0.3, -0.25) is 9.89 Å². The number of nitrogens with zero attached hydrogens (tertiary/aromatic N) is 3. The van der Waals surface area contributed by atoms with Crippen molar-refractivity contribution in [3.05, 3.63) is 41.2 Å². The number of H-pyrrole nitrogens is 1. The summed E-state index contributed by atoms with van der Waals surface area (Å²) in [5, 5.41) is 6.15. The third-order valence-electron chi connectivity index (χ3n) is 2.72. The van der Waals surface area contributed by atoms with E-state index in [1.165, 1.54) is 0 Å². The Morgan fingerprint density at radius 1 is 1.44 bits per heavy atom. The van der Waals surface area contributed by atoms with Crippen LogP contribution in [-0.4, -0.2) is 33.0 Å². The SMILES string of the molecule is Cc1ccccc1CN(C)C(=O)c1nc(N)n[nH]1. The number of nitrogens with two attached hydrogens (primary N) is 1. The minimum atomic E-state index is -0.234. The van der Waals surface area contributed by atoms with Crippen LogP contribution in [0.3, 0.4) is 0 Å². The highest BCUT2D eigenvalue weighted by Crippen LogP contribution is 2.10. The molecule has 2 rings (SSSR count). The second-order valence-corrected chi connectivity index (χ2v) is 4.13. The Morgan fingerprint density at radius 3 is 2.78 bits per heavy atom. The van der Waals surface area contributed by atoms with Gasteiger partial charge in [0.05, 0.1) is 0 Å². The number of nitrogen functional groups attached to an aromatic ring is 1. The van der Waals surface area contributed by atoms with E-state index in [4.69, 9.17) is 5.73 Å². The summed E-state index contributed by atoms with van der Waals surface area (Å²) in [6.07, 6.45) is 0.